The Morgan fingerprint density at radius 1 is 1.11 bits per heavy atom. The zero-order valence-electron chi connectivity index (χ0n) is 12.3. The lowest BCUT2D eigenvalue weighted by atomic mass is 10.1. The first-order valence-corrected chi connectivity index (χ1v) is 10.5. The number of benzene rings is 1. The van der Waals surface area contributed by atoms with Crippen LogP contribution in [0.15, 0.2) is 24.3 Å². The molecule has 0 bridgehead atoms. The molecule has 2 nitrogen and oxygen atoms in total. The van der Waals surface area contributed by atoms with Crippen LogP contribution in [0.5, 0.6) is 0 Å². The van der Waals surface area contributed by atoms with Gasteiger partial charge in [0.1, 0.15) is 0 Å². The van der Waals surface area contributed by atoms with Gasteiger partial charge in [-0.2, -0.15) is 0 Å². The zero-order chi connectivity index (χ0) is 13.8. The highest BCUT2D eigenvalue weighted by atomic mass is 28.3. The summed E-state index contributed by atoms with van der Waals surface area (Å²) in [5.41, 5.74) is 2.11. The molecule has 0 aliphatic rings. The van der Waals surface area contributed by atoms with Crippen molar-refractivity contribution in [2.45, 2.75) is 39.5 Å². The first kappa shape index (κ1) is 15.0. The molecule has 18 heavy (non-hydrogen) atoms. The fourth-order valence-corrected chi connectivity index (χ4v) is 3.59. The molecule has 0 aromatic heterocycles. The van der Waals surface area contributed by atoms with Crippen molar-refractivity contribution in [2.24, 2.45) is 0 Å². The van der Waals surface area contributed by atoms with Crippen molar-refractivity contribution in [1.82, 2.24) is 4.90 Å². The molecule has 0 heterocycles. The average Bonchev–Trinajstić information content (AvgIpc) is 2.29. The van der Waals surface area contributed by atoms with Gasteiger partial charge < -0.3 is 4.90 Å². The van der Waals surface area contributed by atoms with Crippen LogP contribution >= 0.6 is 0 Å². The summed E-state index contributed by atoms with van der Waals surface area (Å²) in [4.78, 5) is 14.3. The van der Waals surface area contributed by atoms with E-state index in [9.17, 15) is 4.79 Å². The lowest BCUT2D eigenvalue weighted by Crippen LogP contribution is -2.32. The van der Waals surface area contributed by atoms with E-state index >= 15 is 0 Å². The van der Waals surface area contributed by atoms with E-state index in [0.717, 1.165) is 24.7 Å². The van der Waals surface area contributed by atoms with Crippen LogP contribution in [0.1, 0.15) is 29.8 Å². The molecule has 0 saturated carbocycles. The van der Waals surface area contributed by atoms with Gasteiger partial charge in [0.05, 0.1) is 0 Å². The molecule has 0 fully saturated rings. The lowest BCUT2D eigenvalue weighted by molar-refractivity contribution is 0.0772. The average molecular weight is 263 g/mol. The van der Waals surface area contributed by atoms with Gasteiger partial charge in [-0.05, 0) is 31.5 Å². The van der Waals surface area contributed by atoms with Gasteiger partial charge in [0.2, 0.25) is 0 Å². The van der Waals surface area contributed by atoms with Crippen molar-refractivity contribution in [3.8, 4) is 0 Å². The van der Waals surface area contributed by atoms with Crippen molar-refractivity contribution in [3.05, 3.63) is 35.4 Å². The number of amides is 1. The van der Waals surface area contributed by atoms with Crippen LogP contribution < -0.4 is 0 Å². The standard InChI is InChI=1S/C15H25NOSi/c1-6-16(7-2)15(17)14-11-9-8-10-13(14)12-18(3,4)5/h8-11H,6-7,12H2,1-5H3. The lowest BCUT2D eigenvalue weighted by Gasteiger charge is -2.22. The summed E-state index contributed by atoms with van der Waals surface area (Å²) in [7, 11) is -1.20. The van der Waals surface area contributed by atoms with E-state index in [1.807, 2.05) is 36.9 Å². The third-order valence-electron chi connectivity index (χ3n) is 3.02. The van der Waals surface area contributed by atoms with Gasteiger partial charge in [-0.3, -0.25) is 4.79 Å². The molecule has 1 amide bonds. The van der Waals surface area contributed by atoms with Gasteiger partial charge >= 0.3 is 0 Å². The van der Waals surface area contributed by atoms with Crippen LogP contribution in [0, 0.1) is 0 Å². The molecule has 0 aliphatic heterocycles. The fraction of sp³-hybridized carbons (Fsp3) is 0.533. The zero-order valence-corrected chi connectivity index (χ0v) is 13.3. The Kier molecular flexibility index (Phi) is 5.14. The molecule has 1 aromatic carbocycles. The highest BCUT2D eigenvalue weighted by Gasteiger charge is 2.20. The smallest absolute Gasteiger partial charge is 0.254 e. The largest absolute Gasteiger partial charge is 0.339 e. The van der Waals surface area contributed by atoms with Crippen LogP contribution in [-0.2, 0) is 6.04 Å². The summed E-state index contributed by atoms with van der Waals surface area (Å²) < 4.78 is 0. The van der Waals surface area contributed by atoms with Crippen molar-refractivity contribution in [2.75, 3.05) is 13.1 Å². The Bertz CT molecular complexity index is 405. The number of rotatable bonds is 5. The normalized spacial score (nSPS) is 11.4. The van der Waals surface area contributed by atoms with E-state index in [2.05, 4.69) is 25.7 Å². The molecule has 1 rings (SSSR count). The topological polar surface area (TPSA) is 20.3 Å². The van der Waals surface area contributed by atoms with Gasteiger partial charge in [0.15, 0.2) is 0 Å². The van der Waals surface area contributed by atoms with Gasteiger partial charge in [-0.1, -0.05) is 37.8 Å². The summed E-state index contributed by atoms with van der Waals surface area (Å²) in [5.74, 6) is 0.175. The molecule has 0 atom stereocenters. The number of carbonyl (C=O) groups is 1. The van der Waals surface area contributed by atoms with Crippen molar-refractivity contribution < 1.29 is 4.79 Å². The predicted molar refractivity (Wildman–Crippen MR) is 80.7 cm³/mol. The minimum absolute atomic E-state index is 0.175. The van der Waals surface area contributed by atoms with Crippen molar-refractivity contribution in [3.63, 3.8) is 0 Å². The second kappa shape index (κ2) is 6.18. The third-order valence-corrected chi connectivity index (χ3v) is 4.46. The van der Waals surface area contributed by atoms with Gasteiger partial charge in [0.25, 0.3) is 5.91 Å². The van der Waals surface area contributed by atoms with Crippen LogP contribution in [-0.4, -0.2) is 32.0 Å². The third kappa shape index (κ3) is 3.98. The Hall–Kier alpha value is -1.09. The van der Waals surface area contributed by atoms with E-state index in [4.69, 9.17) is 0 Å². The fourth-order valence-electron chi connectivity index (χ4n) is 2.14. The van der Waals surface area contributed by atoms with E-state index in [0.29, 0.717) is 0 Å². The first-order chi connectivity index (χ1) is 8.39. The quantitative estimate of drug-likeness (QED) is 0.743. The maximum atomic E-state index is 12.5. The number of hydrogen-bond donors (Lipinski definition) is 0. The monoisotopic (exact) mass is 263 g/mol. The van der Waals surface area contributed by atoms with Crippen LogP contribution in [0.3, 0.4) is 0 Å². The molecular formula is C15H25NOSi. The molecule has 0 unspecified atom stereocenters. The molecule has 0 spiro atoms. The molecule has 0 N–H and O–H groups in total. The van der Waals surface area contributed by atoms with Gasteiger partial charge in [0, 0.05) is 26.7 Å². The summed E-state index contributed by atoms with van der Waals surface area (Å²) in [6, 6.07) is 9.14. The predicted octanol–water partition coefficient (Wildman–Crippen LogP) is 3.59. The summed E-state index contributed by atoms with van der Waals surface area (Å²) in [6.45, 7) is 12.6. The Morgan fingerprint density at radius 2 is 1.67 bits per heavy atom. The second-order valence-corrected chi connectivity index (χ2v) is 11.3. The Morgan fingerprint density at radius 3 is 2.17 bits per heavy atom. The second-order valence-electron chi connectivity index (χ2n) is 5.87. The maximum Gasteiger partial charge on any atom is 0.254 e. The SMILES string of the molecule is CCN(CC)C(=O)c1ccccc1C[Si](C)(C)C. The van der Waals surface area contributed by atoms with E-state index in [1.54, 1.807) is 0 Å². The van der Waals surface area contributed by atoms with Crippen molar-refractivity contribution in [1.29, 1.82) is 0 Å². The molecule has 0 radical (unpaired) electrons. The van der Waals surface area contributed by atoms with E-state index in [1.165, 1.54) is 5.56 Å². The highest BCUT2D eigenvalue weighted by Crippen LogP contribution is 2.17. The highest BCUT2D eigenvalue weighted by molar-refractivity contribution is 6.75. The Balaban J connectivity index is 3.05. The van der Waals surface area contributed by atoms with Gasteiger partial charge in [-0.25, -0.2) is 0 Å². The first-order valence-electron chi connectivity index (χ1n) is 6.76. The number of nitrogens with zero attached hydrogens (tertiary/aromatic N) is 1. The van der Waals surface area contributed by atoms with Crippen LogP contribution in [0.4, 0.5) is 0 Å². The van der Waals surface area contributed by atoms with Crippen LogP contribution in [0.25, 0.3) is 0 Å². The van der Waals surface area contributed by atoms with E-state index in [-0.39, 0.29) is 5.91 Å². The molecule has 0 saturated heterocycles. The van der Waals surface area contributed by atoms with Gasteiger partial charge in [-0.15, -0.1) is 0 Å². The van der Waals surface area contributed by atoms with Crippen molar-refractivity contribution >= 4 is 14.0 Å². The molecule has 1 aromatic rings. The summed E-state index contributed by atoms with van der Waals surface area (Å²) in [5, 5.41) is 0. The minimum atomic E-state index is -1.20. The molecule has 3 heteroatoms. The number of carbonyl (C=O) groups excluding carboxylic acids is 1. The van der Waals surface area contributed by atoms with Crippen LogP contribution in [0.2, 0.25) is 19.6 Å². The summed E-state index contributed by atoms with van der Waals surface area (Å²) >= 11 is 0. The summed E-state index contributed by atoms with van der Waals surface area (Å²) in [6.07, 6.45) is 0. The number of hydrogen-bond acceptors (Lipinski definition) is 1. The van der Waals surface area contributed by atoms with E-state index < -0.39 is 8.07 Å². The maximum absolute atomic E-state index is 12.5. The molecular weight excluding hydrogens is 238 g/mol. The minimum Gasteiger partial charge on any atom is -0.339 e. The Labute approximate surface area is 112 Å². The molecule has 100 valence electrons. The molecule has 0 aliphatic carbocycles.